The van der Waals surface area contributed by atoms with Gasteiger partial charge in [0.05, 0.1) is 22.5 Å². The van der Waals surface area contributed by atoms with E-state index in [1.165, 1.54) is 0 Å². The number of sulfonamides is 1. The molecule has 0 spiro atoms. The third-order valence-corrected chi connectivity index (χ3v) is 8.14. The lowest BCUT2D eigenvalue weighted by Gasteiger charge is -2.15. The first kappa shape index (κ1) is 25.2. The van der Waals surface area contributed by atoms with Crippen LogP contribution in [0.2, 0.25) is 0 Å². The number of ether oxygens (including phenoxy) is 1. The van der Waals surface area contributed by atoms with Crippen molar-refractivity contribution in [2.75, 3.05) is 26.2 Å². The van der Waals surface area contributed by atoms with Crippen LogP contribution in [0.1, 0.15) is 44.9 Å². The highest BCUT2D eigenvalue weighted by Crippen LogP contribution is 2.26. The molecule has 2 aromatic carbocycles. The average molecular weight is 499 g/mol. The molecule has 1 aliphatic heterocycles. The molecule has 9 heteroatoms. The van der Waals surface area contributed by atoms with Crippen LogP contribution >= 0.6 is 0 Å². The monoisotopic (exact) mass is 498 g/mol. The number of para-hydroxylation sites is 1. The van der Waals surface area contributed by atoms with Crippen molar-refractivity contribution in [1.82, 2.24) is 19.2 Å². The van der Waals surface area contributed by atoms with Crippen LogP contribution in [0.15, 0.2) is 53.4 Å². The quantitative estimate of drug-likeness (QED) is 0.384. The van der Waals surface area contributed by atoms with Crippen molar-refractivity contribution >= 4 is 27.0 Å². The van der Waals surface area contributed by atoms with E-state index in [1.807, 2.05) is 36.4 Å². The van der Waals surface area contributed by atoms with Crippen LogP contribution in [0.5, 0.6) is 5.75 Å². The number of imidazole rings is 1. The number of nitrogens with zero attached hydrogens (tertiary/aromatic N) is 3. The molecule has 35 heavy (non-hydrogen) atoms. The Bertz CT molecular complexity index is 1230. The summed E-state index contributed by atoms with van der Waals surface area (Å²) in [5, 5.41) is 2.89. The average Bonchev–Trinajstić information content (AvgIpc) is 3.53. The van der Waals surface area contributed by atoms with Crippen molar-refractivity contribution in [2.45, 2.75) is 56.9 Å². The molecular formula is C26H34N4O4S. The van der Waals surface area contributed by atoms with Crippen LogP contribution in [-0.4, -0.2) is 54.4 Å². The summed E-state index contributed by atoms with van der Waals surface area (Å²) in [4.78, 5) is 17.4. The lowest BCUT2D eigenvalue weighted by Crippen LogP contribution is -2.28. The largest absolute Gasteiger partial charge is 0.492 e. The minimum Gasteiger partial charge on any atom is -0.492 e. The van der Waals surface area contributed by atoms with Crippen LogP contribution in [0.3, 0.4) is 0 Å². The third kappa shape index (κ3) is 6.21. The van der Waals surface area contributed by atoms with Crippen LogP contribution in [-0.2, 0) is 27.8 Å². The summed E-state index contributed by atoms with van der Waals surface area (Å²) in [5.74, 6) is 1.52. The molecule has 1 aromatic heterocycles. The zero-order valence-corrected chi connectivity index (χ0v) is 21.1. The molecule has 1 aliphatic rings. The highest BCUT2D eigenvalue weighted by molar-refractivity contribution is 7.89. The number of carbonyl (C=O) groups excluding carboxylic acids is 1. The standard InChI is InChI=1S/C26H34N4O4S/c1-2-3-18-30-24-12-11-22(35(32,33)29-16-7-8-17-29)20-23(24)28-25(30)13-14-26(31)27-15-19-34-21-9-5-4-6-10-21/h4-6,9-12,20H,2-3,7-8,13-19H2,1H3,(H,27,31). The Morgan fingerprint density at radius 3 is 2.63 bits per heavy atom. The van der Waals surface area contributed by atoms with Gasteiger partial charge in [0.2, 0.25) is 15.9 Å². The smallest absolute Gasteiger partial charge is 0.243 e. The highest BCUT2D eigenvalue weighted by atomic mass is 32.2. The normalized spacial score (nSPS) is 14.4. The minimum absolute atomic E-state index is 0.0620. The molecule has 1 saturated heterocycles. The Balaban J connectivity index is 1.41. The van der Waals surface area contributed by atoms with Gasteiger partial charge in [-0.2, -0.15) is 4.31 Å². The second-order valence-electron chi connectivity index (χ2n) is 8.81. The van der Waals surface area contributed by atoms with E-state index in [4.69, 9.17) is 9.72 Å². The Morgan fingerprint density at radius 2 is 1.89 bits per heavy atom. The van der Waals surface area contributed by atoms with Gasteiger partial charge in [-0.25, -0.2) is 13.4 Å². The summed E-state index contributed by atoms with van der Waals surface area (Å²) >= 11 is 0. The molecule has 188 valence electrons. The van der Waals surface area contributed by atoms with Crippen LogP contribution < -0.4 is 10.1 Å². The number of unbranched alkanes of at least 4 members (excludes halogenated alkanes) is 1. The predicted octanol–water partition coefficient (Wildman–Crippen LogP) is 3.75. The predicted molar refractivity (Wildman–Crippen MR) is 136 cm³/mol. The molecule has 0 aliphatic carbocycles. The Morgan fingerprint density at radius 1 is 1.11 bits per heavy atom. The van der Waals surface area contributed by atoms with Crippen LogP contribution in [0, 0.1) is 0 Å². The van der Waals surface area contributed by atoms with Crippen molar-refractivity contribution < 1.29 is 17.9 Å². The molecule has 0 radical (unpaired) electrons. The molecule has 3 aromatic rings. The number of carbonyl (C=O) groups is 1. The van der Waals surface area contributed by atoms with E-state index in [1.54, 1.807) is 16.4 Å². The topological polar surface area (TPSA) is 93.5 Å². The number of fused-ring (bicyclic) bond motifs is 1. The zero-order valence-electron chi connectivity index (χ0n) is 20.3. The number of aryl methyl sites for hydroxylation is 2. The Labute approximate surface area is 207 Å². The molecule has 4 rings (SSSR count). The molecule has 0 bridgehead atoms. The summed E-state index contributed by atoms with van der Waals surface area (Å²) in [6, 6.07) is 14.7. The van der Waals surface area contributed by atoms with Crippen molar-refractivity contribution in [3.05, 3.63) is 54.4 Å². The number of aromatic nitrogens is 2. The van der Waals surface area contributed by atoms with Gasteiger partial charge in [-0.15, -0.1) is 0 Å². The molecule has 1 fully saturated rings. The number of hydrogen-bond acceptors (Lipinski definition) is 5. The molecule has 8 nitrogen and oxygen atoms in total. The second kappa shape index (κ2) is 11.7. The first-order valence-corrected chi connectivity index (χ1v) is 13.9. The fraction of sp³-hybridized carbons (Fsp3) is 0.462. The van der Waals surface area contributed by atoms with Gasteiger partial charge in [-0.1, -0.05) is 31.5 Å². The summed E-state index contributed by atoms with van der Waals surface area (Å²) in [7, 11) is -3.50. The van der Waals surface area contributed by atoms with E-state index in [0.717, 1.165) is 49.3 Å². The summed E-state index contributed by atoms with van der Waals surface area (Å²) in [5.41, 5.74) is 1.57. The summed E-state index contributed by atoms with van der Waals surface area (Å²) < 4.78 is 35.3. The van der Waals surface area contributed by atoms with Gasteiger partial charge in [0.25, 0.3) is 0 Å². The maximum absolute atomic E-state index is 13.0. The van der Waals surface area contributed by atoms with Crippen molar-refractivity contribution in [3.63, 3.8) is 0 Å². The molecule has 0 unspecified atom stereocenters. The van der Waals surface area contributed by atoms with Crippen molar-refractivity contribution in [2.24, 2.45) is 0 Å². The van der Waals surface area contributed by atoms with E-state index >= 15 is 0 Å². The van der Waals surface area contributed by atoms with E-state index in [9.17, 15) is 13.2 Å². The van der Waals surface area contributed by atoms with Crippen molar-refractivity contribution in [1.29, 1.82) is 0 Å². The van der Waals surface area contributed by atoms with E-state index in [-0.39, 0.29) is 10.8 Å². The summed E-state index contributed by atoms with van der Waals surface area (Å²) in [6.45, 7) is 4.89. The molecule has 2 heterocycles. The van der Waals surface area contributed by atoms with Gasteiger partial charge in [-0.05, 0) is 49.6 Å². The molecule has 1 N–H and O–H groups in total. The maximum atomic E-state index is 13.0. The number of hydrogen-bond donors (Lipinski definition) is 1. The highest BCUT2D eigenvalue weighted by Gasteiger charge is 2.27. The number of nitrogens with one attached hydrogen (secondary N) is 1. The fourth-order valence-electron chi connectivity index (χ4n) is 4.34. The number of benzene rings is 2. The maximum Gasteiger partial charge on any atom is 0.243 e. The molecule has 1 amide bonds. The zero-order chi connectivity index (χ0) is 24.7. The third-order valence-electron chi connectivity index (χ3n) is 6.25. The summed E-state index contributed by atoms with van der Waals surface area (Å²) in [6.07, 6.45) is 4.60. The van der Waals surface area contributed by atoms with E-state index in [0.29, 0.717) is 44.6 Å². The SMILES string of the molecule is CCCCn1c(CCC(=O)NCCOc2ccccc2)nc2cc(S(=O)(=O)N3CCCC3)ccc21. The van der Waals surface area contributed by atoms with Gasteiger partial charge in [0.15, 0.2) is 0 Å². The van der Waals surface area contributed by atoms with E-state index < -0.39 is 10.0 Å². The minimum atomic E-state index is -3.50. The van der Waals surface area contributed by atoms with Gasteiger partial charge in [0, 0.05) is 32.5 Å². The number of rotatable bonds is 12. The Hall–Kier alpha value is -2.91. The molecule has 0 saturated carbocycles. The van der Waals surface area contributed by atoms with Gasteiger partial charge < -0.3 is 14.6 Å². The number of amides is 1. The van der Waals surface area contributed by atoms with Gasteiger partial charge in [-0.3, -0.25) is 4.79 Å². The van der Waals surface area contributed by atoms with Crippen molar-refractivity contribution in [3.8, 4) is 5.75 Å². The first-order valence-electron chi connectivity index (χ1n) is 12.4. The molecular weight excluding hydrogens is 464 g/mol. The first-order chi connectivity index (χ1) is 17.0. The second-order valence-corrected chi connectivity index (χ2v) is 10.7. The lowest BCUT2D eigenvalue weighted by atomic mass is 10.2. The Kier molecular flexibility index (Phi) is 8.41. The fourth-order valence-corrected chi connectivity index (χ4v) is 5.88. The van der Waals surface area contributed by atoms with Gasteiger partial charge >= 0.3 is 0 Å². The van der Waals surface area contributed by atoms with Crippen LogP contribution in [0.25, 0.3) is 11.0 Å². The lowest BCUT2D eigenvalue weighted by molar-refractivity contribution is -0.121. The van der Waals surface area contributed by atoms with Gasteiger partial charge in [0.1, 0.15) is 18.2 Å². The van der Waals surface area contributed by atoms with E-state index in [2.05, 4.69) is 16.8 Å². The molecule has 0 atom stereocenters. The van der Waals surface area contributed by atoms with Crippen LogP contribution in [0.4, 0.5) is 0 Å².